The molecule has 1 aromatic rings. The van der Waals surface area contributed by atoms with Gasteiger partial charge in [-0.1, -0.05) is 12.8 Å². The molecule has 1 aliphatic carbocycles. The van der Waals surface area contributed by atoms with Crippen LogP contribution in [0.4, 0.5) is 0 Å². The van der Waals surface area contributed by atoms with Crippen molar-refractivity contribution < 1.29 is 0 Å². The topological polar surface area (TPSA) is 57.5 Å². The molecule has 0 aromatic carbocycles. The Morgan fingerprint density at radius 1 is 1.29 bits per heavy atom. The standard InChI is InChI=1S/C17H30N6.HI/c1-18-17(20-8-4-10-22-12-9-19-14-22)21-15-7-11-23(13-15)16-5-2-3-6-16;/h9,12,14-16H,2-8,10-11,13H2,1H3,(H2,18,20,21);1H. The van der Waals surface area contributed by atoms with E-state index in [1.54, 1.807) is 0 Å². The number of nitrogens with one attached hydrogen (secondary N) is 2. The van der Waals surface area contributed by atoms with Gasteiger partial charge in [-0.05, 0) is 25.7 Å². The molecule has 2 aliphatic rings. The summed E-state index contributed by atoms with van der Waals surface area (Å²) in [7, 11) is 1.86. The van der Waals surface area contributed by atoms with Crippen LogP contribution in [0.25, 0.3) is 0 Å². The predicted molar refractivity (Wildman–Crippen MR) is 109 cm³/mol. The molecule has 2 heterocycles. The Hall–Kier alpha value is -0.830. The normalized spacial score (nSPS) is 22.5. The quantitative estimate of drug-likeness (QED) is 0.304. The number of aliphatic imine (C=N–C) groups is 1. The van der Waals surface area contributed by atoms with Gasteiger partial charge in [-0.3, -0.25) is 9.89 Å². The van der Waals surface area contributed by atoms with E-state index in [0.29, 0.717) is 6.04 Å². The minimum absolute atomic E-state index is 0. The molecule has 1 saturated heterocycles. The van der Waals surface area contributed by atoms with E-state index in [-0.39, 0.29) is 24.0 Å². The first kappa shape index (κ1) is 19.5. The van der Waals surface area contributed by atoms with Crippen LogP contribution in [0.3, 0.4) is 0 Å². The largest absolute Gasteiger partial charge is 0.356 e. The predicted octanol–water partition coefficient (Wildman–Crippen LogP) is 2.07. The summed E-state index contributed by atoms with van der Waals surface area (Å²) in [6.07, 6.45) is 13.6. The van der Waals surface area contributed by atoms with Gasteiger partial charge in [-0.15, -0.1) is 24.0 Å². The Morgan fingerprint density at radius 2 is 2.12 bits per heavy atom. The summed E-state index contributed by atoms with van der Waals surface area (Å²) in [4.78, 5) is 11.1. The van der Waals surface area contributed by atoms with Gasteiger partial charge in [0.15, 0.2) is 5.96 Å². The van der Waals surface area contributed by atoms with Gasteiger partial charge in [-0.25, -0.2) is 4.98 Å². The summed E-state index contributed by atoms with van der Waals surface area (Å²) >= 11 is 0. The molecule has 1 saturated carbocycles. The first-order valence-corrected chi connectivity index (χ1v) is 9.02. The molecule has 1 unspecified atom stereocenters. The Balaban J connectivity index is 0.00000208. The molecule has 6 nitrogen and oxygen atoms in total. The fraction of sp³-hybridized carbons (Fsp3) is 0.765. The van der Waals surface area contributed by atoms with Gasteiger partial charge in [0.05, 0.1) is 6.33 Å². The second-order valence-electron chi connectivity index (χ2n) is 6.72. The maximum absolute atomic E-state index is 4.37. The molecule has 2 N–H and O–H groups in total. The zero-order valence-electron chi connectivity index (χ0n) is 14.7. The average Bonchev–Trinajstić information content (AvgIpc) is 3.32. The van der Waals surface area contributed by atoms with Crippen LogP contribution < -0.4 is 10.6 Å². The molecule has 1 aliphatic heterocycles. The maximum atomic E-state index is 4.37. The highest BCUT2D eigenvalue weighted by Crippen LogP contribution is 2.26. The SMILES string of the molecule is CN=C(NCCCn1ccnc1)NC1CCN(C2CCCC2)C1.I. The minimum Gasteiger partial charge on any atom is -0.356 e. The van der Waals surface area contributed by atoms with Crippen molar-refractivity contribution in [3.63, 3.8) is 0 Å². The molecule has 0 amide bonds. The van der Waals surface area contributed by atoms with Crippen LogP contribution in [0.1, 0.15) is 38.5 Å². The summed E-state index contributed by atoms with van der Waals surface area (Å²) in [6, 6.07) is 1.38. The van der Waals surface area contributed by atoms with E-state index >= 15 is 0 Å². The first-order valence-electron chi connectivity index (χ1n) is 9.02. The van der Waals surface area contributed by atoms with Crippen LogP contribution >= 0.6 is 24.0 Å². The molecular weight excluding hydrogens is 415 g/mol. The fourth-order valence-corrected chi connectivity index (χ4v) is 3.78. The molecule has 24 heavy (non-hydrogen) atoms. The second-order valence-corrected chi connectivity index (χ2v) is 6.72. The molecular formula is C17H31IN6. The Bertz CT molecular complexity index is 483. The molecule has 0 bridgehead atoms. The maximum Gasteiger partial charge on any atom is 0.191 e. The van der Waals surface area contributed by atoms with E-state index in [2.05, 4.69) is 30.1 Å². The Labute approximate surface area is 162 Å². The number of aryl methyl sites for hydroxylation is 1. The highest BCUT2D eigenvalue weighted by molar-refractivity contribution is 14.0. The van der Waals surface area contributed by atoms with Crippen LogP contribution in [-0.4, -0.2) is 59.2 Å². The summed E-state index contributed by atoms with van der Waals surface area (Å²) in [5.74, 6) is 0.939. The van der Waals surface area contributed by atoms with E-state index in [9.17, 15) is 0 Å². The van der Waals surface area contributed by atoms with E-state index in [4.69, 9.17) is 0 Å². The number of likely N-dealkylation sites (tertiary alicyclic amines) is 1. The Kier molecular flexibility index (Phi) is 8.31. The monoisotopic (exact) mass is 446 g/mol. The smallest absolute Gasteiger partial charge is 0.191 e. The lowest BCUT2D eigenvalue weighted by atomic mass is 10.2. The molecule has 3 rings (SSSR count). The summed E-state index contributed by atoms with van der Waals surface area (Å²) < 4.78 is 2.11. The number of hydrogen-bond donors (Lipinski definition) is 2. The van der Waals surface area contributed by atoms with Crippen molar-refractivity contribution in [2.45, 2.75) is 57.2 Å². The summed E-state index contributed by atoms with van der Waals surface area (Å²) in [6.45, 7) is 4.32. The van der Waals surface area contributed by atoms with Crippen LogP contribution in [-0.2, 0) is 6.54 Å². The number of rotatable bonds is 6. The van der Waals surface area contributed by atoms with E-state index in [1.165, 1.54) is 45.2 Å². The van der Waals surface area contributed by atoms with Gasteiger partial charge >= 0.3 is 0 Å². The number of imidazole rings is 1. The summed E-state index contributed by atoms with van der Waals surface area (Å²) in [5, 5.41) is 7.02. The van der Waals surface area contributed by atoms with Gasteiger partial charge in [0.25, 0.3) is 0 Å². The lowest BCUT2D eigenvalue weighted by Gasteiger charge is -2.24. The third-order valence-electron chi connectivity index (χ3n) is 5.07. The van der Waals surface area contributed by atoms with Crippen molar-refractivity contribution >= 4 is 29.9 Å². The van der Waals surface area contributed by atoms with Crippen molar-refractivity contribution in [2.75, 3.05) is 26.7 Å². The fourth-order valence-electron chi connectivity index (χ4n) is 3.78. The molecule has 0 radical (unpaired) electrons. The number of halogens is 1. The van der Waals surface area contributed by atoms with E-state index < -0.39 is 0 Å². The van der Waals surface area contributed by atoms with E-state index in [1.807, 2.05) is 25.8 Å². The van der Waals surface area contributed by atoms with Gasteiger partial charge < -0.3 is 15.2 Å². The van der Waals surface area contributed by atoms with E-state index in [0.717, 1.165) is 31.5 Å². The third kappa shape index (κ3) is 5.61. The third-order valence-corrected chi connectivity index (χ3v) is 5.07. The zero-order chi connectivity index (χ0) is 15.9. The first-order chi connectivity index (χ1) is 11.3. The summed E-state index contributed by atoms with van der Waals surface area (Å²) in [5.41, 5.74) is 0. The number of aromatic nitrogens is 2. The molecule has 0 spiro atoms. The lowest BCUT2D eigenvalue weighted by Crippen LogP contribution is -2.45. The molecule has 7 heteroatoms. The molecule has 136 valence electrons. The van der Waals surface area contributed by atoms with Crippen molar-refractivity contribution in [1.82, 2.24) is 25.1 Å². The van der Waals surface area contributed by atoms with Crippen LogP contribution in [0, 0.1) is 0 Å². The van der Waals surface area contributed by atoms with Crippen molar-refractivity contribution in [2.24, 2.45) is 4.99 Å². The average molecular weight is 446 g/mol. The highest BCUT2D eigenvalue weighted by atomic mass is 127. The number of guanidine groups is 1. The van der Waals surface area contributed by atoms with Gasteiger partial charge in [-0.2, -0.15) is 0 Å². The van der Waals surface area contributed by atoms with Crippen LogP contribution in [0.5, 0.6) is 0 Å². The minimum atomic E-state index is 0. The van der Waals surface area contributed by atoms with Gasteiger partial charge in [0.2, 0.25) is 0 Å². The van der Waals surface area contributed by atoms with Crippen LogP contribution in [0.15, 0.2) is 23.7 Å². The zero-order valence-corrected chi connectivity index (χ0v) is 17.0. The van der Waals surface area contributed by atoms with Crippen molar-refractivity contribution in [1.29, 1.82) is 0 Å². The molecule has 1 aromatic heterocycles. The lowest BCUT2D eigenvalue weighted by molar-refractivity contribution is 0.242. The van der Waals surface area contributed by atoms with Crippen LogP contribution in [0.2, 0.25) is 0 Å². The van der Waals surface area contributed by atoms with Gasteiger partial charge in [0, 0.05) is 57.7 Å². The van der Waals surface area contributed by atoms with Crippen molar-refractivity contribution in [3.8, 4) is 0 Å². The van der Waals surface area contributed by atoms with Gasteiger partial charge in [0.1, 0.15) is 0 Å². The molecule has 1 atom stereocenters. The number of hydrogen-bond acceptors (Lipinski definition) is 3. The molecule has 2 fully saturated rings. The van der Waals surface area contributed by atoms with Crippen molar-refractivity contribution in [3.05, 3.63) is 18.7 Å². The second kappa shape index (κ2) is 10.2. The Morgan fingerprint density at radius 3 is 2.83 bits per heavy atom. The highest BCUT2D eigenvalue weighted by Gasteiger charge is 2.30. The number of nitrogens with zero attached hydrogens (tertiary/aromatic N) is 4.